The normalized spacial score (nSPS) is 18.5. The smallest absolute Gasteiger partial charge is 0.272 e. The second-order valence-corrected chi connectivity index (χ2v) is 6.19. The molecule has 0 bridgehead atoms. The number of aromatic nitrogens is 3. The van der Waals surface area contributed by atoms with Crippen LogP contribution in [0.15, 0.2) is 16.9 Å². The number of amides is 1. The minimum atomic E-state index is -0.104. The fourth-order valence-electron chi connectivity index (χ4n) is 3.10. The minimum absolute atomic E-state index is 0.0149. The van der Waals surface area contributed by atoms with Crippen LogP contribution in [0.25, 0.3) is 5.65 Å². The van der Waals surface area contributed by atoms with Crippen molar-refractivity contribution in [2.75, 3.05) is 6.54 Å². The Morgan fingerprint density at radius 1 is 1.45 bits per heavy atom. The van der Waals surface area contributed by atoms with Crippen LogP contribution in [-0.4, -0.2) is 31.9 Å². The third-order valence-corrected chi connectivity index (χ3v) is 4.27. The molecule has 0 spiro atoms. The number of nitrogens with one attached hydrogen (secondary N) is 1. The number of nitrogens with zero attached hydrogens (tertiary/aromatic N) is 3. The van der Waals surface area contributed by atoms with E-state index in [4.69, 9.17) is 0 Å². The van der Waals surface area contributed by atoms with Crippen molar-refractivity contribution in [3.8, 4) is 0 Å². The quantitative estimate of drug-likeness (QED) is 0.941. The van der Waals surface area contributed by atoms with Gasteiger partial charge in [-0.3, -0.25) is 14.7 Å². The van der Waals surface area contributed by atoms with Crippen molar-refractivity contribution in [1.82, 2.24) is 19.5 Å². The summed E-state index contributed by atoms with van der Waals surface area (Å²) in [5, 5.41) is 3.13. The Morgan fingerprint density at radius 3 is 2.91 bits per heavy atom. The van der Waals surface area contributed by atoms with Gasteiger partial charge < -0.3 is 4.90 Å². The van der Waals surface area contributed by atoms with Crippen LogP contribution < -0.4 is 5.56 Å². The third kappa shape index (κ3) is 2.42. The average molecular weight is 302 g/mol. The van der Waals surface area contributed by atoms with Crippen LogP contribution in [0, 0.1) is 5.92 Å². The first kappa shape index (κ1) is 14.8. The van der Waals surface area contributed by atoms with Crippen LogP contribution in [0.2, 0.25) is 0 Å². The minimum Gasteiger partial charge on any atom is -0.334 e. The largest absolute Gasteiger partial charge is 0.334 e. The number of aromatic amines is 1. The first-order chi connectivity index (χ1) is 10.5. The fourth-order valence-corrected chi connectivity index (χ4v) is 3.10. The van der Waals surface area contributed by atoms with E-state index < -0.39 is 0 Å². The molecule has 1 aliphatic rings. The van der Waals surface area contributed by atoms with E-state index in [2.05, 4.69) is 10.1 Å². The molecule has 2 aromatic rings. The van der Waals surface area contributed by atoms with E-state index >= 15 is 0 Å². The number of carbonyl (C=O) groups is 1. The summed E-state index contributed by atoms with van der Waals surface area (Å²) in [6.07, 6.45) is 2.63. The Balaban J connectivity index is 2.01. The molecule has 118 valence electrons. The summed E-state index contributed by atoms with van der Waals surface area (Å²) in [7, 11) is 0. The van der Waals surface area contributed by atoms with Crippen molar-refractivity contribution in [2.24, 2.45) is 5.92 Å². The molecule has 1 fully saturated rings. The van der Waals surface area contributed by atoms with E-state index in [-0.39, 0.29) is 23.4 Å². The van der Waals surface area contributed by atoms with Crippen molar-refractivity contribution in [1.29, 1.82) is 0 Å². The number of rotatable bonds is 3. The summed E-state index contributed by atoms with van der Waals surface area (Å²) in [6, 6.07) is 3.47. The highest BCUT2D eigenvalue weighted by Crippen LogP contribution is 2.32. The Morgan fingerprint density at radius 2 is 2.23 bits per heavy atom. The molecule has 22 heavy (non-hydrogen) atoms. The SMILES string of the molecule is CCc1cc(=O)n2[nH]c([C@H]3CCCN3C(=O)C(C)C)cc2n1. The van der Waals surface area contributed by atoms with Gasteiger partial charge in [-0.25, -0.2) is 9.50 Å². The number of fused-ring (bicyclic) bond motifs is 1. The van der Waals surface area contributed by atoms with E-state index in [1.165, 1.54) is 4.52 Å². The van der Waals surface area contributed by atoms with Crippen molar-refractivity contribution in [3.05, 3.63) is 33.9 Å². The molecule has 1 amide bonds. The topological polar surface area (TPSA) is 70.5 Å². The summed E-state index contributed by atoms with van der Waals surface area (Å²) in [4.78, 5) is 30.9. The van der Waals surface area contributed by atoms with Crippen molar-refractivity contribution >= 4 is 11.6 Å². The molecule has 0 saturated carbocycles. The predicted molar refractivity (Wildman–Crippen MR) is 83.7 cm³/mol. The van der Waals surface area contributed by atoms with Gasteiger partial charge in [0.05, 0.1) is 11.7 Å². The maximum absolute atomic E-state index is 12.3. The van der Waals surface area contributed by atoms with Gasteiger partial charge >= 0.3 is 0 Å². The number of aryl methyl sites for hydroxylation is 1. The highest BCUT2D eigenvalue weighted by Gasteiger charge is 2.32. The molecule has 0 radical (unpaired) electrons. The Bertz CT molecular complexity index is 759. The zero-order chi connectivity index (χ0) is 15.9. The molecule has 6 heteroatoms. The van der Waals surface area contributed by atoms with E-state index in [9.17, 15) is 9.59 Å². The molecule has 6 nitrogen and oxygen atoms in total. The molecule has 2 aromatic heterocycles. The number of H-pyrrole nitrogens is 1. The van der Waals surface area contributed by atoms with Gasteiger partial charge in [0, 0.05) is 30.3 Å². The van der Waals surface area contributed by atoms with Gasteiger partial charge in [0.1, 0.15) is 0 Å². The van der Waals surface area contributed by atoms with Gasteiger partial charge in [0.2, 0.25) is 5.91 Å². The monoisotopic (exact) mass is 302 g/mol. The van der Waals surface area contributed by atoms with Crippen LogP contribution in [0.3, 0.4) is 0 Å². The summed E-state index contributed by atoms with van der Waals surface area (Å²) >= 11 is 0. The summed E-state index contributed by atoms with van der Waals surface area (Å²) in [5.74, 6) is 0.147. The summed E-state index contributed by atoms with van der Waals surface area (Å²) in [5.41, 5.74) is 2.21. The number of hydrogen-bond acceptors (Lipinski definition) is 3. The zero-order valence-electron chi connectivity index (χ0n) is 13.3. The Hall–Kier alpha value is -2.11. The molecule has 1 atom stereocenters. The highest BCUT2D eigenvalue weighted by molar-refractivity contribution is 5.78. The van der Waals surface area contributed by atoms with Crippen molar-refractivity contribution in [3.63, 3.8) is 0 Å². The van der Waals surface area contributed by atoms with Crippen LogP contribution >= 0.6 is 0 Å². The molecule has 0 aromatic carbocycles. The lowest BCUT2D eigenvalue weighted by atomic mass is 10.1. The lowest BCUT2D eigenvalue weighted by molar-refractivity contribution is -0.135. The van der Waals surface area contributed by atoms with Crippen LogP contribution in [0.5, 0.6) is 0 Å². The molecule has 3 rings (SSSR count). The molecule has 0 aliphatic carbocycles. The van der Waals surface area contributed by atoms with Gasteiger partial charge in [-0.15, -0.1) is 0 Å². The third-order valence-electron chi connectivity index (χ3n) is 4.27. The number of carbonyl (C=O) groups excluding carboxylic acids is 1. The van der Waals surface area contributed by atoms with Crippen molar-refractivity contribution < 1.29 is 4.79 Å². The predicted octanol–water partition coefficient (Wildman–Crippen LogP) is 1.90. The van der Waals surface area contributed by atoms with Gasteiger partial charge in [-0.05, 0) is 19.3 Å². The van der Waals surface area contributed by atoms with Crippen LogP contribution in [-0.2, 0) is 11.2 Å². The Kier molecular flexibility index (Phi) is 3.76. The first-order valence-corrected chi connectivity index (χ1v) is 7.93. The molecular weight excluding hydrogens is 280 g/mol. The average Bonchev–Trinajstić information content (AvgIpc) is 3.12. The second kappa shape index (κ2) is 5.59. The first-order valence-electron chi connectivity index (χ1n) is 7.93. The zero-order valence-corrected chi connectivity index (χ0v) is 13.3. The lowest BCUT2D eigenvalue weighted by Gasteiger charge is -2.25. The molecule has 1 N–H and O–H groups in total. The van der Waals surface area contributed by atoms with Crippen LogP contribution in [0.4, 0.5) is 0 Å². The van der Waals surface area contributed by atoms with E-state index in [0.29, 0.717) is 5.65 Å². The van der Waals surface area contributed by atoms with Gasteiger partial charge in [0.25, 0.3) is 5.56 Å². The Labute approximate surface area is 129 Å². The maximum atomic E-state index is 12.3. The molecular formula is C16H22N4O2. The lowest BCUT2D eigenvalue weighted by Crippen LogP contribution is -2.34. The highest BCUT2D eigenvalue weighted by atomic mass is 16.2. The van der Waals surface area contributed by atoms with Gasteiger partial charge in [0.15, 0.2) is 5.65 Å². The molecule has 3 heterocycles. The number of likely N-dealkylation sites (tertiary alicyclic amines) is 1. The van der Waals surface area contributed by atoms with Gasteiger partial charge in [-0.1, -0.05) is 20.8 Å². The molecule has 0 unspecified atom stereocenters. The van der Waals surface area contributed by atoms with E-state index in [0.717, 1.165) is 37.2 Å². The summed E-state index contributed by atoms with van der Waals surface area (Å²) < 4.78 is 1.46. The standard InChI is InChI=1S/C16H22N4O2/c1-4-11-8-15(21)20-14(17-11)9-12(18-20)13-6-5-7-19(13)16(22)10(2)3/h8-10,13,18H,4-7H2,1-3H3/t13-/m1/s1. The number of hydrogen-bond donors (Lipinski definition) is 1. The second-order valence-electron chi connectivity index (χ2n) is 6.19. The van der Waals surface area contributed by atoms with Gasteiger partial charge in [-0.2, -0.15) is 0 Å². The van der Waals surface area contributed by atoms with Crippen LogP contribution in [0.1, 0.15) is 51.0 Å². The van der Waals surface area contributed by atoms with E-state index in [1.807, 2.05) is 31.7 Å². The maximum Gasteiger partial charge on any atom is 0.272 e. The fraction of sp³-hybridized carbons (Fsp3) is 0.562. The van der Waals surface area contributed by atoms with Crippen molar-refractivity contribution in [2.45, 2.75) is 46.1 Å². The molecule has 1 aliphatic heterocycles. The summed E-state index contributed by atoms with van der Waals surface area (Å²) in [6.45, 7) is 6.59. The molecule has 1 saturated heterocycles. The van der Waals surface area contributed by atoms with E-state index in [1.54, 1.807) is 6.07 Å².